The van der Waals surface area contributed by atoms with Crippen molar-refractivity contribution in [1.82, 2.24) is 10.2 Å². The van der Waals surface area contributed by atoms with Gasteiger partial charge in [0.05, 0.1) is 38.0 Å². The Kier molecular flexibility index (Phi) is 5.52. The van der Waals surface area contributed by atoms with Crippen LogP contribution in [-0.4, -0.2) is 76.3 Å². The van der Waals surface area contributed by atoms with Crippen molar-refractivity contribution >= 4 is 12.0 Å². The highest BCUT2D eigenvalue weighted by molar-refractivity contribution is 5.83. The van der Waals surface area contributed by atoms with Gasteiger partial charge in [-0.1, -0.05) is 0 Å². The molecule has 1 rings (SSSR count). The van der Waals surface area contributed by atoms with Gasteiger partial charge >= 0.3 is 12.0 Å². The van der Waals surface area contributed by atoms with Crippen LogP contribution >= 0.6 is 0 Å². The lowest BCUT2D eigenvalue weighted by atomic mass is 10.2. The van der Waals surface area contributed by atoms with E-state index in [9.17, 15) is 14.7 Å². The number of morpholine rings is 1. The SMILES string of the molecule is CC1COC(CO)CN1C(=O)N[C@H](C(=O)O)[C@@H](C)O. The monoisotopic (exact) mass is 276 g/mol. The lowest BCUT2D eigenvalue weighted by Crippen LogP contribution is -2.59. The molecule has 4 N–H and O–H groups in total. The van der Waals surface area contributed by atoms with Crippen molar-refractivity contribution in [2.24, 2.45) is 0 Å². The molecule has 2 unspecified atom stereocenters. The minimum atomic E-state index is -1.37. The van der Waals surface area contributed by atoms with Crippen molar-refractivity contribution in [3.63, 3.8) is 0 Å². The standard InChI is InChI=1S/C11H20N2O6/c1-6-5-19-8(4-14)3-13(6)11(18)12-9(7(2)15)10(16)17/h6-9,14-15H,3-5H2,1-2H3,(H,12,18)(H,16,17)/t6?,7-,8?,9+/m1/s1. The van der Waals surface area contributed by atoms with Crippen LogP contribution in [0.4, 0.5) is 4.79 Å². The molecule has 1 saturated heterocycles. The van der Waals surface area contributed by atoms with Crippen LogP contribution in [0.3, 0.4) is 0 Å². The number of rotatable bonds is 4. The Morgan fingerprint density at radius 2 is 2.16 bits per heavy atom. The fraction of sp³-hybridized carbons (Fsp3) is 0.818. The summed E-state index contributed by atoms with van der Waals surface area (Å²) in [6, 6.07) is -2.19. The van der Waals surface area contributed by atoms with E-state index in [1.807, 2.05) is 0 Å². The van der Waals surface area contributed by atoms with Crippen molar-refractivity contribution < 1.29 is 29.6 Å². The predicted octanol–water partition coefficient (Wildman–Crippen LogP) is -1.39. The molecule has 0 aliphatic carbocycles. The Morgan fingerprint density at radius 3 is 2.63 bits per heavy atom. The summed E-state index contributed by atoms with van der Waals surface area (Å²) in [4.78, 5) is 24.3. The summed E-state index contributed by atoms with van der Waals surface area (Å²) < 4.78 is 5.28. The number of nitrogens with zero attached hydrogens (tertiary/aromatic N) is 1. The molecular weight excluding hydrogens is 256 g/mol. The van der Waals surface area contributed by atoms with Gasteiger partial charge in [-0.25, -0.2) is 9.59 Å². The summed E-state index contributed by atoms with van der Waals surface area (Å²) in [5.41, 5.74) is 0. The summed E-state index contributed by atoms with van der Waals surface area (Å²) in [7, 11) is 0. The Hall–Kier alpha value is -1.38. The number of ether oxygens (including phenoxy) is 1. The first-order valence-corrected chi connectivity index (χ1v) is 6.07. The second-order valence-corrected chi connectivity index (χ2v) is 4.65. The van der Waals surface area contributed by atoms with Crippen LogP contribution in [0, 0.1) is 0 Å². The Bertz CT molecular complexity index is 335. The van der Waals surface area contributed by atoms with Gasteiger partial charge in [0.25, 0.3) is 0 Å². The van der Waals surface area contributed by atoms with E-state index in [4.69, 9.17) is 14.9 Å². The lowest BCUT2D eigenvalue weighted by Gasteiger charge is -2.38. The second-order valence-electron chi connectivity index (χ2n) is 4.65. The summed E-state index contributed by atoms with van der Waals surface area (Å²) in [5.74, 6) is -1.30. The number of hydrogen-bond donors (Lipinski definition) is 4. The van der Waals surface area contributed by atoms with Crippen LogP contribution < -0.4 is 5.32 Å². The van der Waals surface area contributed by atoms with E-state index in [1.165, 1.54) is 11.8 Å². The number of aliphatic hydroxyl groups is 2. The average Bonchev–Trinajstić information content (AvgIpc) is 2.35. The van der Waals surface area contributed by atoms with Crippen LogP contribution in [-0.2, 0) is 9.53 Å². The molecule has 0 aromatic rings. The maximum atomic E-state index is 12.0. The number of carbonyl (C=O) groups is 2. The van der Waals surface area contributed by atoms with E-state index >= 15 is 0 Å². The average molecular weight is 276 g/mol. The quantitative estimate of drug-likeness (QED) is 0.502. The summed E-state index contributed by atoms with van der Waals surface area (Å²) in [6.45, 7) is 3.28. The normalized spacial score (nSPS) is 26.6. The van der Waals surface area contributed by atoms with E-state index in [1.54, 1.807) is 6.92 Å². The van der Waals surface area contributed by atoms with Gasteiger partial charge in [-0.15, -0.1) is 0 Å². The third-order valence-corrected chi connectivity index (χ3v) is 3.00. The van der Waals surface area contributed by atoms with Gasteiger partial charge < -0.3 is 30.3 Å². The van der Waals surface area contributed by atoms with Crippen molar-refractivity contribution in [2.75, 3.05) is 19.8 Å². The molecule has 1 fully saturated rings. The molecule has 0 radical (unpaired) electrons. The molecule has 1 heterocycles. The number of urea groups is 1. The van der Waals surface area contributed by atoms with Crippen LogP contribution in [0.25, 0.3) is 0 Å². The number of hydrogen-bond acceptors (Lipinski definition) is 5. The largest absolute Gasteiger partial charge is 0.480 e. The summed E-state index contributed by atoms with van der Waals surface area (Å²) in [6.07, 6.45) is -1.68. The van der Waals surface area contributed by atoms with Gasteiger partial charge in [-0.05, 0) is 13.8 Å². The highest BCUT2D eigenvalue weighted by Crippen LogP contribution is 2.12. The minimum Gasteiger partial charge on any atom is -0.480 e. The first-order chi connectivity index (χ1) is 8.86. The predicted molar refractivity (Wildman–Crippen MR) is 64.6 cm³/mol. The smallest absolute Gasteiger partial charge is 0.328 e. The Balaban J connectivity index is 2.67. The van der Waals surface area contributed by atoms with Crippen LogP contribution in [0.5, 0.6) is 0 Å². The molecule has 4 atom stereocenters. The maximum Gasteiger partial charge on any atom is 0.328 e. The number of carbonyl (C=O) groups excluding carboxylic acids is 1. The zero-order valence-electron chi connectivity index (χ0n) is 10.9. The first kappa shape index (κ1) is 15.7. The molecular formula is C11H20N2O6. The molecule has 8 nitrogen and oxygen atoms in total. The van der Waals surface area contributed by atoms with Gasteiger partial charge in [0.1, 0.15) is 0 Å². The third-order valence-electron chi connectivity index (χ3n) is 3.00. The second kappa shape index (κ2) is 6.69. The highest BCUT2D eigenvalue weighted by atomic mass is 16.5. The summed E-state index contributed by atoms with van der Waals surface area (Å²) in [5, 5.41) is 29.5. The third kappa shape index (κ3) is 4.05. The van der Waals surface area contributed by atoms with E-state index in [2.05, 4.69) is 5.32 Å². The van der Waals surface area contributed by atoms with Gasteiger partial charge in [0.15, 0.2) is 6.04 Å². The molecule has 2 amide bonds. The van der Waals surface area contributed by atoms with Gasteiger partial charge in [0.2, 0.25) is 0 Å². The van der Waals surface area contributed by atoms with Gasteiger partial charge in [0, 0.05) is 0 Å². The van der Waals surface area contributed by atoms with Crippen LogP contribution in [0.2, 0.25) is 0 Å². The zero-order valence-corrected chi connectivity index (χ0v) is 10.9. The maximum absolute atomic E-state index is 12.0. The Morgan fingerprint density at radius 1 is 1.53 bits per heavy atom. The van der Waals surface area contributed by atoms with E-state index in [0.29, 0.717) is 0 Å². The molecule has 0 saturated carbocycles. The van der Waals surface area contributed by atoms with Gasteiger partial charge in [-0.3, -0.25) is 0 Å². The highest BCUT2D eigenvalue weighted by Gasteiger charge is 2.33. The first-order valence-electron chi connectivity index (χ1n) is 6.07. The number of carboxylic acids is 1. The molecule has 0 bridgehead atoms. The van der Waals surface area contributed by atoms with Crippen LogP contribution in [0.15, 0.2) is 0 Å². The Labute approximate surface area is 111 Å². The fourth-order valence-electron chi connectivity index (χ4n) is 1.82. The molecule has 19 heavy (non-hydrogen) atoms. The van der Waals surface area contributed by atoms with Crippen LogP contribution in [0.1, 0.15) is 13.8 Å². The van der Waals surface area contributed by atoms with E-state index in [-0.39, 0.29) is 25.8 Å². The van der Waals surface area contributed by atoms with Crippen molar-refractivity contribution in [1.29, 1.82) is 0 Å². The van der Waals surface area contributed by atoms with Gasteiger partial charge in [-0.2, -0.15) is 0 Å². The molecule has 110 valence electrons. The molecule has 1 aliphatic rings. The van der Waals surface area contributed by atoms with E-state index in [0.717, 1.165) is 0 Å². The fourth-order valence-corrected chi connectivity index (χ4v) is 1.82. The number of aliphatic hydroxyl groups excluding tert-OH is 2. The van der Waals surface area contributed by atoms with Crippen molar-refractivity contribution in [3.8, 4) is 0 Å². The zero-order chi connectivity index (χ0) is 14.6. The van der Waals surface area contributed by atoms with Crippen molar-refractivity contribution in [3.05, 3.63) is 0 Å². The molecule has 0 aromatic carbocycles. The molecule has 0 aromatic heterocycles. The number of carboxylic acid groups (broad SMARTS) is 1. The van der Waals surface area contributed by atoms with Crippen molar-refractivity contribution in [2.45, 2.75) is 38.1 Å². The summed E-state index contributed by atoms with van der Waals surface area (Å²) >= 11 is 0. The molecule has 8 heteroatoms. The molecule has 0 spiro atoms. The minimum absolute atomic E-state index is 0.176. The number of aliphatic carboxylic acids is 1. The number of amides is 2. The topological polar surface area (TPSA) is 119 Å². The number of nitrogens with one attached hydrogen (secondary N) is 1. The molecule has 1 aliphatic heterocycles. The van der Waals surface area contributed by atoms with E-state index < -0.39 is 30.3 Å². The lowest BCUT2D eigenvalue weighted by molar-refractivity contribution is -0.142.